The first-order chi connectivity index (χ1) is 7.59. The minimum Gasteiger partial charge on any atom is -0.377 e. The van der Waals surface area contributed by atoms with Crippen LogP contribution < -0.4 is 5.32 Å². The van der Waals surface area contributed by atoms with Gasteiger partial charge in [0.2, 0.25) is 0 Å². The molecule has 1 unspecified atom stereocenters. The van der Waals surface area contributed by atoms with Crippen LogP contribution in [-0.4, -0.2) is 19.3 Å². The summed E-state index contributed by atoms with van der Waals surface area (Å²) in [6, 6.07) is 8.76. The first-order valence-electron chi connectivity index (χ1n) is 5.70. The lowest BCUT2D eigenvalue weighted by molar-refractivity contribution is 0.0796. The van der Waals surface area contributed by atoms with Crippen molar-refractivity contribution in [3.8, 4) is 0 Å². The molecule has 1 atom stereocenters. The number of rotatable bonds is 6. The second-order valence-electron chi connectivity index (χ2n) is 4.15. The van der Waals surface area contributed by atoms with Gasteiger partial charge in [-0.05, 0) is 38.5 Å². The summed E-state index contributed by atoms with van der Waals surface area (Å²) in [5.74, 6) is 0. The van der Waals surface area contributed by atoms with E-state index in [-0.39, 0.29) is 0 Å². The van der Waals surface area contributed by atoms with Gasteiger partial charge in [-0.15, -0.1) is 0 Å². The molecule has 0 spiro atoms. The van der Waals surface area contributed by atoms with E-state index in [2.05, 4.69) is 66.3 Å². The van der Waals surface area contributed by atoms with E-state index in [4.69, 9.17) is 4.74 Å². The Morgan fingerprint density at radius 1 is 1.19 bits per heavy atom. The van der Waals surface area contributed by atoms with E-state index < -0.39 is 0 Å². The van der Waals surface area contributed by atoms with Gasteiger partial charge in [-0.3, -0.25) is 0 Å². The number of hydrogen-bond donors (Lipinski definition) is 1. The highest BCUT2D eigenvalue weighted by atomic mass is 79.9. The van der Waals surface area contributed by atoms with Crippen LogP contribution in [0.5, 0.6) is 0 Å². The highest BCUT2D eigenvalue weighted by Gasteiger charge is 2.03. The lowest BCUT2D eigenvalue weighted by Gasteiger charge is -2.15. The van der Waals surface area contributed by atoms with E-state index in [0.29, 0.717) is 12.1 Å². The predicted molar refractivity (Wildman–Crippen MR) is 71.6 cm³/mol. The molecule has 3 heteroatoms. The molecule has 0 aromatic heterocycles. The van der Waals surface area contributed by atoms with Crippen LogP contribution in [0.25, 0.3) is 0 Å². The fourth-order valence-corrected chi connectivity index (χ4v) is 1.70. The van der Waals surface area contributed by atoms with Crippen LogP contribution in [0.3, 0.4) is 0 Å². The molecule has 2 nitrogen and oxygen atoms in total. The molecule has 0 heterocycles. The second kappa shape index (κ2) is 7.05. The largest absolute Gasteiger partial charge is 0.377 e. The quantitative estimate of drug-likeness (QED) is 0.808. The average molecular weight is 286 g/mol. The van der Waals surface area contributed by atoms with Gasteiger partial charge in [0.05, 0.1) is 12.7 Å². The third-order valence-corrected chi connectivity index (χ3v) is 2.90. The Bertz CT molecular complexity index is 297. The van der Waals surface area contributed by atoms with Crippen molar-refractivity contribution in [2.75, 3.05) is 13.2 Å². The third kappa shape index (κ3) is 5.10. The predicted octanol–water partition coefficient (Wildman–Crippen LogP) is 3.52. The van der Waals surface area contributed by atoms with Crippen LogP contribution in [0.1, 0.15) is 32.4 Å². The molecular weight excluding hydrogens is 266 g/mol. The second-order valence-corrected chi connectivity index (χ2v) is 5.06. The van der Waals surface area contributed by atoms with E-state index in [1.807, 2.05) is 0 Å². The van der Waals surface area contributed by atoms with Crippen molar-refractivity contribution in [1.29, 1.82) is 0 Å². The Morgan fingerprint density at radius 3 is 2.38 bits per heavy atom. The van der Waals surface area contributed by atoms with E-state index in [1.54, 1.807) is 0 Å². The minimum atomic E-state index is 0.310. The maximum atomic E-state index is 5.48. The smallest absolute Gasteiger partial charge is 0.0594 e. The van der Waals surface area contributed by atoms with Crippen LogP contribution in [0, 0.1) is 0 Å². The summed E-state index contributed by atoms with van der Waals surface area (Å²) in [6.07, 6.45) is 0.310. The van der Waals surface area contributed by atoms with Gasteiger partial charge in [-0.25, -0.2) is 0 Å². The maximum absolute atomic E-state index is 5.48. The monoisotopic (exact) mass is 285 g/mol. The fourth-order valence-electron chi connectivity index (χ4n) is 1.44. The molecular formula is C13H20BrNO. The Kier molecular flexibility index (Phi) is 6.03. The summed E-state index contributed by atoms with van der Waals surface area (Å²) >= 11 is 3.43. The number of ether oxygens (including phenoxy) is 1. The van der Waals surface area contributed by atoms with Gasteiger partial charge in [0, 0.05) is 17.1 Å². The van der Waals surface area contributed by atoms with Gasteiger partial charge < -0.3 is 10.1 Å². The molecule has 0 aliphatic rings. The van der Waals surface area contributed by atoms with Crippen molar-refractivity contribution in [3.63, 3.8) is 0 Å². The molecule has 0 fully saturated rings. The molecule has 16 heavy (non-hydrogen) atoms. The number of halogens is 1. The van der Waals surface area contributed by atoms with Crippen molar-refractivity contribution < 1.29 is 4.74 Å². The zero-order chi connectivity index (χ0) is 12.0. The normalized spacial score (nSPS) is 13.1. The topological polar surface area (TPSA) is 21.3 Å². The maximum Gasteiger partial charge on any atom is 0.0594 e. The molecule has 90 valence electrons. The van der Waals surface area contributed by atoms with E-state index in [9.17, 15) is 0 Å². The van der Waals surface area contributed by atoms with Crippen molar-refractivity contribution in [1.82, 2.24) is 5.32 Å². The number of nitrogens with one attached hydrogen (secondary N) is 1. The van der Waals surface area contributed by atoms with Crippen molar-refractivity contribution in [2.24, 2.45) is 0 Å². The number of benzene rings is 1. The molecule has 1 rings (SSSR count). The zero-order valence-electron chi connectivity index (χ0n) is 10.2. The fraction of sp³-hybridized carbons (Fsp3) is 0.538. The first-order valence-corrected chi connectivity index (χ1v) is 6.49. The molecule has 0 aliphatic heterocycles. The molecule has 0 amide bonds. The Balaban J connectivity index is 2.29. The summed E-state index contributed by atoms with van der Waals surface area (Å²) in [5, 5.41) is 3.43. The Labute approximate surface area is 107 Å². The molecule has 0 radical (unpaired) electrons. The zero-order valence-corrected chi connectivity index (χ0v) is 11.8. The van der Waals surface area contributed by atoms with Crippen LogP contribution in [0.15, 0.2) is 28.7 Å². The molecule has 0 saturated heterocycles. The van der Waals surface area contributed by atoms with Crippen LogP contribution in [0.4, 0.5) is 0 Å². The third-order valence-electron chi connectivity index (χ3n) is 2.37. The van der Waals surface area contributed by atoms with Gasteiger partial charge in [0.1, 0.15) is 0 Å². The summed E-state index contributed by atoms with van der Waals surface area (Å²) < 4.78 is 6.59. The molecule has 0 aliphatic carbocycles. The average Bonchev–Trinajstić information content (AvgIpc) is 2.25. The van der Waals surface area contributed by atoms with Crippen LogP contribution in [-0.2, 0) is 4.74 Å². The van der Waals surface area contributed by atoms with Gasteiger partial charge in [0.15, 0.2) is 0 Å². The van der Waals surface area contributed by atoms with E-state index >= 15 is 0 Å². The number of hydrogen-bond acceptors (Lipinski definition) is 2. The van der Waals surface area contributed by atoms with Gasteiger partial charge in [0.25, 0.3) is 0 Å². The molecule has 1 aromatic rings. The SMILES string of the molecule is CC(C)OCCNC(C)c1ccc(Br)cc1. The summed E-state index contributed by atoms with van der Waals surface area (Å²) in [6.45, 7) is 7.92. The van der Waals surface area contributed by atoms with Crippen LogP contribution >= 0.6 is 15.9 Å². The van der Waals surface area contributed by atoms with Crippen molar-refractivity contribution in [2.45, 2.75) is 32.9 Å². The molecule has 0 saturated carbocycles. The minimum absolute atomic E-state index is 0.310. The Hall–Kier alpha value is -0.380. The van der Waals surface area contributed by atoms with E-state index in [1.165, 1.54) is 5.56 Å². The lowest BCUT2D eigenvalue weighted by Crippen LogP contribution is -2.24. The van der Waals surface area contributed by atoms with Gasteiger partial charge in [-0.2, -0.15) is 0 Å². The first kappa shape index (κ1) is 13.7. The standard InChI is InChI=1S/C13H20BrNO/c1-10(2)16-9-8-15-11(3)12-4-6-13(14)7-5-12/h4-7,10-11,15H,8-9H2,1-3H3. The van der Waals surface area contributed by atoms with Crippen molar-refractivity contribution >= 4 is 15.9 Å². The Morgan fingerprint density at radius 2 is 1.81 bits per heavy atom. The van der Waals surface area contributed by atoms with Gasteiger partial charge >= 0.3 is 0 Å². The highest BCUT2D eigenvalue weighted by molar-refractivity contribution is 9.10. The van der Waals surface area contributed by atoms with Gasteiger partial charge in [-0.1, -0.05) is 28.1 Å². The lowest BCUT2D eigenvalue weighted by atomic mass is 10.1. The van der Waals surface area contributed by atoms with Crippen molar-refractivity contribution in [3.05, 3.63) is 34.3 Å². The van der Waals surface area contributed by atoms with E-state index in [0.717, 1.165) is 17.6 Å². The summed E-state index contributed by atoms with van der Waals surface area (Å²) in [5.41, 5.74) is 1.30. The van der Waals surface area contributed by atoms with Crippen LogP contribution in [0.2, 0.25) is 0 Å². The molecule has 0 bridgehead atoms. The summed E-state index contributed by atoms with van der Waals surface area (Å²) in [4.78, 5) is 0. The molecule has 1 aromatic carbocycles. The highest BCUT2D eigenvalue weighted by Crippen LogP contribution is 2.16. The molecule has 1 N–H and O–H groups in total. The summed E-state index contributed by atoms with van der Waals surface area (Å²) in [7, 11) is 0.